The molecule has 2 fully saturated rings. The minimum absolute atomic E-state index is 0.852. The third-order valence-electron chi connectivity index (χ3n) is 5.06. The van der Waals surface area contributed by atoms with Crippen LogP contribution in [0.5, 0.6) is 0 Å². The molecule has 4 nitrogen and oxygen atoms in total. The Morgan fingerprint density at radius 3 is 2.53 bits per heavy atom. The van der Waals surface area contributed by atoms with Gasteiger partial charge in [0.2, 0.25) is 0 Å². The second-order valence-electron chi connectivity index (χ2n) is 6.43. The van der Waals surface area contributed by atoms with E-state index in [1.54, 1.807) is 0 Å². The number of aryl methyl sites for hydroxylation is 2. The van der Waals surface area contributed by atoms with E-state index in [1.165, 1.54) is 31.2 Å². The van der Waals surface area contributed by atoms with Crippen LogP contribution in [0, 0.1) is 12.8 Å². The highest BCUT2D eigenvalue weighted by atomic mass is 15.3. The summed E-state index contributed by atoms with van der Waals surface area (Å²) < 4.78 is 1.90. The standard InChI is InChI=1S/C15H26N4/c1-11-13(10-18(2)17-11)9-16-8-12-6-14-4-5-15(7-12)19(14)3/h10,12,14-16H,4-9H2,1-3H3. The van der Waals surface area contributed by atoms with E-state index in [-0.39, 0.29) is 0 Å². The fourth-order valence-corrected chi connectivity index (χ4v) is 3.92. The Hall–Kier alpha value is -0.870. The van der Waals surface area contributed by atoms with Gasteiger partial charge in [-0.1, -0.05) is 0 Å². The third kappa shape index (κ3) is 2.70. The minimum atomic E-state index is 0.852. The number of hydrogen-bond acceptors (Lipinski definition) is 3. The molecule has 0 radical (unpaired) electrons. The summed E-state index contributed by atoms with van der Waals surface area (Å²) >= 11 is 0. The molecule has 2 unspecified atom stereocenters. The van der Waals surface area contributed by atoms with Crippen molar-refractivity contribution in [2.75, 3.05) is 13.6 Å². The molecule has 2 saturated heterocycles. The lowest BCUT2D eigenvalue weighted by molar-refractivity contribution is 0.133. The Morgan fingerprint density at radius 1 is 1.26 bits per heavy atom. The Morgan fingerprint density at radius 2 is 1.95 bits per heavy atom. The Bertz CT molecular complexity index is 425. The largest absolute Gasteiger partial charge is 0.312 e. The maximum absolute atomic E-state index is 4.39. The first-order chi connectivity index (χ1) is 9.13. The van der Waals surface area contributed by atoms with E-state index >= 15 is 0 Å². The average molecular weight is 262 g/mol. The van der Waals surface area contributed by atoms with Crippen LogP contribution in [0.3, 0.4) is 0 Å². The number of fused-ring (bicyclic) bond motifs is 2. The van der Waals surface area contributed by atoms with Crippen LogP contribution < -0.4 is 5.32 Å². The summed E-state index contributed by atoms with van der Waals surface area (Å²) in [4.78, 5) is 2.61. The quantitative estimate of drug-likeness (QED) is 0.896. The molecule has 0 saturated carbocycles. The van der Waals surface area contributed by atoms with Crippen molar-refractivity contribution in [1.29, 1.82) is 0 Å². The zero-order valence-corrected chi connectivity index (χ0v) is 12.4. The maximum atomic E-state index is 4.39. The van der Waals surface area contributed by atoms with Gasteiger partial charge in [0.1, 0.15) is 0 Å². The van der Waals surface area contributed by atoms with Crippen molar-refractivity contribution in [1.82, 2.24) is 20.0 Å². The van der Waals surface area contributed by atoms with Gasteiger partial charge in [-0.25, -0.2) is 0 Å². The van der Waals surface area contributed by atoms with Gasteiger partial charge >= 0.3 is 0 Å². The first kappa shape index (κ1) is 13.1. The van der Waals surface area contributed by atoms with E-state index in [1.807, 2.05) is 11.7 Å². The van der Waals surface area contributed by atoms with Crippen molar-refractivity contribution in [3.8, 4) is 0 Å². The molecule has 0 amide bonds. The summed E-state index contributed by atoms with van der Waals surface area (Å²) in [6.07, 6.45) is 7.72. The lowest BCUT2D eigenvalue weighted by atomic mass is 9.91. The molecule has 4 heteroatoms. The van der Waals surface area contributed by atoms with Crippen LogP contribution >= 0.6 is 0 Å². The smallest absolute Gasteiger partial charge is 0.0638 e. The van der Waals surface area contributed by atoms with Gasteiger partial charge in [-0.3, -0.25) is 4.68 Å². The van der Waals surface area contributed by atoms with Gasteiger partial charge in [-0.15, -0.1) is 0 Å². The Labute approximate surface area is 116 Å². The summed E-state index contributed by atoms with van der Waals surface area (Å²) in [6.45, 7) is 4.21. The zero-order valence-electron chi connectivity index (χ0n) is 12.4. The summed E-state index contributed by atoms with van der Waals surface area (Å²) in [5, 5.41) is 8.03. The second kappa shape index (κ2) is 5.25. The van der Waals surface area contributed by atoms with Crippen LogP contribution in [-0.4, -0.2) is 40.4 Å². The minimum Gasteiger partial charge on any atom is -0.312 e. The van der Waals surface area contributed by atoms with Gasteiger partial charge in [0, 0.05) is 37.4 Å². The van der Waals surface area contributed by atoms with Gasteiger partial charge in [0.25, 0.3) is 0 Å². The first-order valence-corrected chi connectivity index (χ1v) is 7.55. The number of hydrogen-bond donors (Lipinski definition) is 1. The number of nitrogens with zero attached hydrogens (tertiary/aromatic N) is 3. The number of nitrogens with one attached hydrogen (secondary N) is 1. The van der Waals surface area contributed by atoms with Gasteiger partial charge in [0.05, 0.1) is 5.69 Å². The average Bonchev–Trinajstić information content (AvgIpc) is 2.77. The Kier molecular flexibility index (Phi) is 3.63. The number of aromatic nitrogens is 2. The lowest BCUT2D eigenvalue weighted by Gasteiger charge is -2.36. The molecule has 106 valence electrons. The van der Waals surface area contributed by atoms with Crippen LogP contribution in [0.25, 0.3) is 0 Å². The molecule has 0 spiro atoms. The molecule has 2 atom stereocenters. The van der Waals surface area contributed by atoms with E-state index < -0.39 is 0 Å². The summed E-state index contributed by atoms with van der Waals surface area (Å²) in [5.41, 5.74) is 2.48. The molecule has 0 aliphatic carbocycles. The summed E-state index contributed by atoms with van der Waals surface area (Å²) in [7, 11) is 4.30. The molecule has 0 aromatic carbocycles. The van der Waals surface area contributed by atoms with Crippen LogP contribution in [-0.2, 0) is 13.6 Å². The molecule has 1 aromatic heterocycles. The van der Waals surface area contributed by atoms with Crippen molar-refractivity contribution in [3.05, 3.63) is 17.5 Å². The third-order valence-corrected chi connectivity index (χ3v) is 5.06. The van der Waals surface area contributed by atoms with Gasteiger partial charge < -0.3 is 10.2 Å². The topological polar surface area (TPSA) is 33.1 Å². The van der Waals surface area contributed by atoms with Crippen LogP contribution in [0.2, 0.25) is 0 Å². The summed E-state index contributed by atoms with van der Waals surface area (Å²) in [6, 6.07) is 1.70. The van der Waals surface area contributed by atoms with Crippen molar-refractivity contribution in [2.45, 2.75) is 51.2 Å². The molecule has 2 aliphatic rings. The Balaban J connectivity index is 1.47. The van der Waals surface area contributed by atoms with E-state index in [9.17, 15) is 0 Å². The van der Waals surface area contributed by atoms with Gasteiger partial charge in [-0.2, -0.15) is 5.10 Å². The zero-order chi connectivity index (χ0) is 13.4. The summed E-state index contributed by atoms with van der Waals surface area (Å²) in [5.74, 6) is 0.866. The number of piperidine rings is 1. The molecule has 1 aromatic rings. The normalized spacial score (nSPS) is 31.0. The van der Waals surface area contributed by atoms with Crippen molar-refractivity contribution < 1.29 is 0 Å². The molecule has 1 N–H and O–H groups in total. The predicted octanol–water partition coefficient (Wildman–Crippen LogP) is 1.69. The predicted molar refractivity (Wildman–Crippen MR) is 76.9 cm³/mol. The fourth-order valence-electron chi connectivity index (χ4n) is 3.92. The highest BCUT2D eigenvalue weighted by Crippen LogP contribution is 2.36. The first-order valence-electron chi connectivity index (χ1n) is 7.55. The van der Waals surface area contributed by atoms with E-state index in [0.29, 0.717) is 0 Å². The molecule has 3 rings (SSSR count). The van der Waals surface area contributed by atoms with E-state index in [2.05, 4.69) is 35.5 Å². The van der Waals surface area contributed by atoms with Gasteiger partial charge in [-0.05, 0) is 52.1 Å². The van der Waals surface area contributed by atoms with Crippen LogP contribution in [0.4, 0.5) is 0 Å². The van der Waals surface area contributed by atoms with E-state index in [0.717, 1.165) is 36.8 Å². The van der Waals surface area contributed by atoms with Crippen LogP contribution in [0.1, 0.15) is 36.9 Å². The van der Waals surface area contributed by atoms with Gasteiger partial charge in [0.15, 0.2) is 0 Å². The van der Waals surface area contributed by atoms with Crippen molar-refractivity contribution in [3.63, 3.8) is 0 Å². The molecule has 2 bridgehead atoms. The van der Waals surface area contributed by atoms with Crippen molar-refractivity contribution >= 4 is 0 Å². The molecular weight excluding hydrogens is 236 g/mol. The lowest BCUT2D eigenvalue weighted by Crippen LogP contribution is -2.42. The van der Waals surface area contributed by atoms with Crippen molar-refractivity contribution in [2.24, 2.45) is 13.0 Å². The highest BCUT2D eigenvalue weighted by Gasteiger charge is 2.37. The highest BCUT2D eigenvalue weighted by molar-refractivity contribution is 5.14. The second-order valence-corrected chi connectivity index (χ2v) is 6.43. The molecule has 3 heterocycles. The molecule has 19 heavy (non-hydrogen) atoms. The SMILES string of the molecule is Cc1nn(C)cc1CNCC1CC2CCC(C1)N2C. The maximum Gasteiger partial charge on any atom is 0.0638 e. The number of rotatable bonds is 4. The fraction of sp³-hybridized carbons (Fsp3) is 0.800. The molecular formula is C15H26N4. The van der Waals surface area contributed by atoms with Crippen LogP contribution in [0.15, 0.2) is 6.20 Å². The molecule has 2 aliphatic heterocycles. The monoisotopic (exact) mass is 262 g/mol. The van der Waals surface area contributed by atoms with E-state index in [4.69, 9.17) is 0 Å².